The standard InChI is InChI=1S/C13H19NO/c1-5-9(2)7-12(15)13-11(4)6-10(3)8-14-13/h6,8,12,15H,2,5,7H2,1,3-4H3. The minimum Gasteiger partial charge on any atom is -0.386 e. The maximum absolute atomic E-state index is 9.97. The van der Waals surface area contributed by atoms with Gasteiger partial charge in [-0.05, 0) is 37.8 Å². The zero-order chi connectivity index (χ0) is 11.4. The first-order chi connectivity index (χ1) is 7.04. The van der Waals surface area contributed by atoms with Gasteiger partial charge in [-0.2, -0.15) is 0 Å². The molecule has 2 nitrogen and oxygen atoms in total. The Kier molecular flexibility index (Phi) is 4.04. The molecule has 0 saturated carbocycles. The lowest BCUT2D eigenvalue weighted by atomic mass is 10.0. The highest BCUT2D eigenvalue weighted by Crippen LogP contribution is 2.22. The second kappa shape index (κ2) is 5.08. The van der Waals surface area contributed by atoms with E-state index in [1.165, 1.54) is 0 Å². The van der Waals surface area contributed by atoms with Crippen molar-refractivity contribution in [2.75, 3.05) is 0 Å². The van der Waals surface area contributed by atoms with E-state index in [2.05, 4.69) is 11.6 Å². The van der Waals surface area contributed by atoms with E-state index in [4.69, 9.17) is 0 Å². The molecule has 1 rings (SSSR count). The molecular weight excluding hydrogens is 186 g/mol. The molecule has 15 heavy (non-hydrogen) atoms. The molecule has 0 aliphatic carbocycles. The molecule has 0 amide bonds. The molecule has 1 aromatic heterocycles. The number of nitrogens with zero attached hydrogens (tertiary/aromatic N) is 1. The fourth-order valence-corrected chi connectivity index (χ4v) is 1.59. The molecule has 1 aromatic rings. The molecule has 0 fully saturated rings. The van der Waals surface area contributed by atoms with Gasteiger partial charge in [0.1, 0.15) is 0 Å². The Morgan fingerprint density at radius 2 is 2.20 bits per heavy atom. The molecule has 2 heteroatoms. The summed E-state index contributed by atoms with van der Waals surface area (Å²) in [5, 5.41) is 9.97. The van der Waals surface area contributed by atoms with Crippen molar-refractivity contribution in [2.24, 2.45) is 0 Å². The molecule has 0 aliphatic heterocycles. The molecule has 0 saturated heterocycles. The zero-order valence-corrected chi connectivity index (χ0v) is 9.75. The van der Waals surface area contributed by atoms with Crippen LogP contribution in [0.15, 0.2) is 24.4 Å². The summed E-state index contributed by atoms with van der Waals surface area (Å²) < 4.78 is 0. The van der Waals surface area contributed by atoms with Crippen molar-refractivity contribution in [3.8, 4) is 0 Å². The number of hydrogen-bond acceptors (Lipinski definition) is 2. The second-order valence-corrected chi connectivity index (χ2v) is 4.04. The zero-order valence-electron chi connectivity index (χ0n) is 9.75. The largest absolute Gasteiger partial charge is 0.386 e. The molecule has 0 bridgehead atoms. The van der Waals surface area contributed by atoms with Crippen molar-refractivity contribution in [1.82, 2.24) is 4.98 Å². The van der Waals surface area contributed by atoms with Crippen LogP contribution in [-0.2, 0) is 0 Å². The van der Waals surface area contributed by atoms with Crippen molar-refractivity contribution in [2.45, 2.75) is 39.7 Å². The van der Waals surface area contributed by atoms with Crippen LogP contribution in [0, 0.1) is 13.8 Å². The van der Waals surface area contributed by atoms with Gasteiger partial charge in [-0.25, -0.2) is 0 Å². The summed E-state index contributed by atoms with van der Waals surface area (Å²) >= 11 is 0. The molecule has 0 spiro atoms. The highest BCUT2D eigenvalue weighted by molar-refractivity contribution is 5.25. The van der Waals surface area contributed by atoms with Gasteiger partial charge in [-0.3, -0.25) is 4.98 Å². The summed E-state index contributed by atoms with van der Waals surface area (Å²) in [5.41, 5.74) is 4.00. The normalized spacial score (nSPS) is 12.5. The van der Waals surface area contributed by atoms with Crippen molar-refractivity contribution in [1.29, 1.82) is 0 Å². The van der Waals surface area contributed by atoms with Gasteiger partial charge in [0.05, 0.1) is 11.8 Å². The van der Waals surface area contributed by atoms with Crippen LogP contribution in [0.4, 0.5) is 0 Å². The first-order valence-corrected chi connectivity index (χ1v) is 5.32. The summed E-state index contributed by atoms with van der Waals surface area (Å²) in [7, 11) is 0. The van der Waals surface area contributed by atoms with E-state index >= 15 is 0 Å². The van der Waals surface area contributed by atoms with Crippen molar-refractivity contribution >= 4 is 0 Å². The van der Waals surface area contributed by atoms with E-state index in [-0.39, 0.29) is 0 Å². The van der Waals surface area contributed by atoms with Crippen LogP contribution in [-0.4, -0.2) is 10.1 Å². The summed E-state index contributed by atoms with van der Waals surface area (Å²) in [6.45, 7) is 9.92. The number of aliphatic hydroxyl groups excluding tert-OH is 1. The molecular formula is C13H19NO. The van der Waals surface area contributed by atoms with Gasteiger partial charge in [0, 0.05) is 6.20 Å². The molecule has 1 atom stereocenters. The predicted octanol–water partition coefficient (Wildman–Crippen LogP) is 3.09. The molecule has 82 valence electrons. The third-order valence-electron chi connectivity index (χ3n) is 2.55. The number of aliphatic hydroxyl groups is 1. The fourth-order valence-electron chi connectivity index (χ4n) is 1.59. The van der Waals surface area contributed by atoms with Crippen molar-refractivity contribution in [3.05, 3.63) is 41.2 Å². The van der Waals surface area contributed by atoms with Gasteiger partial charge < -0.3 is 5.11 Å². The number of aromatic nitrogens is 1. The molecule has 1 heterocycles. The smallest absolute Gasteiger partial charge is 0.0999 e. The van der Waals surface area contributed by atoms with Crippen LogP contribution in [0.25, 0.3) is 0 Å². The highest BCUT2D eigenvalue weighted by atomic mass is 16.3. The maximum Gasteiger partial charge on any atom is 0.0999 e. The quantitative estimate of drug-likeness (QED) is 0.766. The SMILES string of the molecule is C=C(CC)CC(O)c1ncc(C)cc1C. The summed E-state index contributed by atoms with van der Waals surface area (Å²) in [4.78, 5) is 4.27. The summed E-state index contributed by atoms with van der Waals surface area (Å²) in [6.07, 6.45) is 2.79. The lowest BCUT2D eigenvalue weighted by Crippen LogP contribution is -2.04. The minimum absolute atomic E-state index is 0.516. The van der Waals surface area contributed by atoms with Crippen LogP contribution in [0.3, 0.4) is 0 Å². The first-order valence-electron chi connectivity index (χ1n) is 5.32. The molecule has 1 unspecified atom stereocenters. The van der Waals surface area contributed by atoms with E-state index in [0.717, 1.165) is 28.8 Å². The third kappa shape index (κ3) is 3.17. The number of rotatable bonds is 4. The third-order valence-corrected chi connectivity index (χ3v) is 2.55. The second-order valence-electron chi connectivity index (χ2n) is 4.04. The van der Waals surface area contributed by atoms with Crippen LogP contribution < -0.4 is 0 Å². The van der Waals surface area contributed by atoms with E-state index in [0.29, 0.717) is 6.42 Å². The van der Waals surface area contributed by atoms with Gasteiger partial charge in [0.2, 0.25) is 0 Å². The fraction of sp³-hybridized carbons (Fsp3) is 0.462. The molecule has 0 aromatic carbocycles. The predicted molar refractivity (Wildman–Crippen MR) is 62.7 cm³/mol. The Morgan fingerprint density at radius 3 is 2.73 bits per heavy atom. The van der Waals surface area contributed by atoms with Gasteiger partial charge in [-0.15, -0.1) is 0 Å². The topological polar surface area (TPSA) is 33.1 Å². The first kappa shape index (κ1) is 11.9. The lowest BCUT2D eigenvalue weighted by Gasteiger charge is -2.13. The summed E-state index contributed by atoms with van der Waals surface area (Å²) in [6, 6.07) is 2.04. The summed E-state index contributed by atoms with van der Waals surface area (Å²) in [5.74, 6) is 0. The van der Waals surface area contributed by atoms with Gasteiger partial charge in [0.15, 0.2) is 0 Å². The minimum atomic E-state index is -0.516. The Hall–Kier alpha value is -1.15. The Bertz CT molecular complexity index is 358. The molecule has 1 N–H and O–H groups in total. The Balaban J connectivity index is 2.82. The Morgan fingerprint density at radius 1 is 1.53 bits per heavy atom. The number of aryl methyl sites for hydroxylation is 2. The lowest BCUT2D eigenvalue weighted by molar-refractivity contribution is 0.172. The van der Waals surface area contributed by atoms with E-state index in [1.54, 1.807) is 6.20 Å². The highest BCUT2D eigenvalue weighted by Gasteiger charge is 2.12. The van der Waals surface area contributed by atoms with Crippen LogP contribution in [0.2, 0.25) is 0 Å². The van der Waals surface area contributed by atoms with Crippen LogP contribution in [0.5, 0.6) is 0 Å². The van der Waals surface area contributed by atoms with Crippen molar-refractivity contribution in [3.63, 3.8) is 0 Å². The van der Waals surface area contributed by atoms with Gasteiger partial charge >= 0.3 is 0 Å². The average molecular weight is 205 g/mol. The van der Waals surface area contributed by atoms with E-state index in [9.17, 15) is 5.11 Å². The Labute approximate surface area is 91.7 Å². The molecule has 0 aliphatic rings. The van der Waals surface area contributed by atoms with Crippen LogP contribution >= 0.6 is 0 Å². The number of hydrogen-bond donors (Lipinski definition) is 1. The molecule has 0 radical (unpaired) electrons. The maximum atomic E-state index is 9.97. The van der Waals surface area contributed by atoms with Gasteiger partial charge in [0.25, 0.3) is 0 Å². The van der Waals surface area contributed by atoms with Gasteiger partial charge in [-0.1, -0.05) is 25.1 Å². The average Bonchev–Trinajstić information content (AvgIpc) is 2.17. The van der Waals surface area contributed by atoms with E-state index < -0.39 is 6.10 Å². The number of pyridine rings is 1. The van der Waals surface area contributed by atoms with Crippen molar-refractivity contribution < 1.29 is 5.11 Å². The monoisotopic (exact) mass is 205 g/mol. The van der Waals surface area contributed by atoms with Crippen LogP contribution in [0.1, 0.15) is 42.7 Å². The van der Waals surface area contributed by atoms with E-state index in [1.807, 2.05) is 26.8 Å².